The van der Waals surface area contributed by atoms with Gasteiger partial charge in [-0.2, -0.15) is 0 Å². The zero-order valence-corrected chi connectivity index (χ0v) is 17.1. The lowest BCUT2D eigenvalue weighted by Crippen LogP contribution is -2.52. The molecule has 1 saturated heterocycles. The molecule has 1 aromatic carbocycles. The van der Waals surface area contributed by atoms with Crippen LogP contribution in [-0.4, -0.2) is 66.8 Å². The summed E-state index contributed by atoms with van der Waals surface area (Å²) >= 11 is 3.12. The summed E-state index contributed by atoms with van der Waals surface area (Å²) in [6.07, 6.45) is 0. The summed E-state index contributed by atoms with van der Waals surface area (Å²) in [7, 11) is 0. The van der Waals surface area contributed by atoms with Crippen LogP contribution in [0.5, 0.6) is 0 Å². The maximum absolute atomic E-state index is 13.2. The summed E-state index contributed by atoms with van der Waals surface area (Å²) < 4.78 is 18.7. The van der Waals surface area contributed by atoms with Crippen molar-refractivity contribution in [1.29, 1.82) is 0 Å². The monoisotopic (exact) mass is 466 g/mol. The number of carbonyl (C=O) groups excluding carboxylic acids is 3. The van der Waals surface area contributed by atoms with Gasteiger partial charge in [0.05, 0.1) is 13.1 Å². The van der Waals surface area contributed by atoms with Gasteiger partial charge in [-0.3, -0.25) is 19.3 Å². The summed E-state index contributed by atoms with van der Waals surface area (Å²) in [5.41, 5.74) is 0.406. The lowest BCUT2D eigenvalue weighted by Gasteiger charge is -2.34. The van der Waals surface area contributed by atoms with E-state index in [1.165, 1.54) is 24.3 Å². The fourth-order valence-electron chi connectivity index (χ4n) is 2.92. The Kier molecular flexibility index (Phi) is 6.99. The molecule has 2 aromatic rings. The lowest BCUT2D eigenvalue weighted by atomic mass is 10.3. The Labute approximate surface area is 175 Å². The van der Waals surface area contributed by atoms with Crippen LogP contribution in [0.25, 0.3) is 0 Å². The highest BCUT2D eigenvalue weighted by Gasteiger charge is 2.23. The first-order chi connectivity index (χ1) is 13.9. The SMILES string of the molecule is O=C(CN1CCN(C(=O)CNC(=O)c2ccc(Br)o2)CC1)Nc1cccc(F)c1. The van der Waals surface area contributed by atoms with Crippen LogP contribution >= 0.6 is 15.9 Å². The maximum atomic E-state index is 13.2. The molecule has 1 aliphatic heterocycles. The molecular formula is C19H20BrFN4O4. The zero-order valence-electron chi connectivity index (χ0n) is 15.5. The number of nitrogens with one attached hydrogen (secondary N) is 2. The molecular weight excluding hydrogens is 447 g/mol. The van der Waals surface area contributed by atoms with Crippen molar-refractivity contribution < 1.29 is 23.2 Å². The van der Waals surface area contributed by atoms with Gasteiger partial charge in [0.25, 0.3) is 5.91 Å². The van der Waals surface area contributed by atoms with E-state index in [-0.39, 0.29) is 30.7 Å². The number of carbonyl (C=O) groups is 3. The van der Waals surface area contributed by atoms with Crippen LogP contribution in [0.1, 0.15) is 10.6 Å². The third-order valence-corrected chi connectivity index (χ3v) is 4.82. The third kappa shape index (κ3) is 6.13. The van der Waals surface area contributed by atoms with Gasteiger partial charge in [-0.25, -0.2) is 4.39 Å². The van der Waals surface area contributed by atoms with E-state index in [1.54, 1.807) is 17.0 Å². The van der Waals surface area contributed by atoms with Crippen molar-refractivity contribution in [3.8, 4) is 0 Å². The standard InChI is InChI=1S/C19H20BrFN4O4/c20-16-5-4-15(29-16)19(28)22-11-18(27)25-8-6-24(7-9-25)12-17(26)23-14-3-1-2-13(21)10-14/h1-5,10H,6-9,11-12H2,(H,22,28)(H,23,26). The molecule has 0 aliphatic carbocycles. The van der Waals surface area contributed by atoms with Gasteiger partial charge in [-0.1, -0.05) is 6.07 Å². The van der Waals surface area contributed by atoms with Crippen molar-refractivity contribution >= 4 is 39.3 Å². The Balaban J connectivity index is 1.38. The predicted octanol–water partition coefficient (Wildman–Crippen LogP) is 1.69. The number of amides is 3. The molecule has 3 rings (SSSR count). The topological polar surface area (TPSA) is 94.9 Å². The minimum atomic E-state index is -0.461. The molecule has 0 bridgehead atoms. The highest BCUT2D eigenvalue weighted by atomic mass is 79.9. The Morgan fingerprint density at radius 2 is 1.86 bits per heavy atom. The molecule has 0 atom stereocenters. The normalized spacial score (nSPS) is 14.5. The van der Waals surface area contributed by atoms with Crippen LogP contribution in [0.15, 0.2) is 45.5 Å². The summed E-state index contributed by atoms with van der Waals surface area (Å²) in [6.45, 7) is 1.99. The van der Waals surface area contributed by atoms with Crippen LogP contribution in [0.2, 0.25) is 0 Å². The number of furan rings is 1. The van der Waals surface area contributed by atoms with Crippen LogP contribution in [0.3, 0.4) is 0 Å². The van der Waals surface area contributed by atoms with E-state index in [2.05, 4.69) is 26.6 Å². The van der Waals surface area contributed by atoms with Crippen molar-refractivity contribution in [2.75, 3.05) is 44.6 Å². The van der Waals surface area contributed by atoms with Crippen LogP contribution < -0.4 is 10.6 Å². The Morgan fingerprint density at radius 3 is 2.52 bits per heavy atom. The molecule has 154 valence electrons. The largest absolute Gasteiger partial charge is 0.444 e. The van der Waals surface area contributed by atoms with E-state index in [0.717, 1.165) is 0 Å². The van der Waals surface area contributed by atoms with E-state index in [4.69, 9.17) is 4.42 Å². The van der Waals surface area contributed by atoms with Crippen molar-refractivity contribution in [1.82, 2.24) is 15.1 Å². The second-order valence-corrected chi connectivity index (χ2v) is 7.28. The number of hydrogen-bond donors (Lipinski definition) is 2. The molecule has 3 amide bonds. The van der Waals surface area contributed by atoms with Gasteiger partial charge in [0, 0.05) is 31.9 Å². The average molecular weight is 467 g/mol. The zero-order chi connectivity index (χ0) is 20.8. The number of nitrogens with zero attached hydrogens (tertiary/aromatic N) is 2. The molecule has 1 aromatic heterocycles. The highest BCUT2D eigenvalue weighted by molar-refractivity contribution is 9.10. The van der Waals surface area contributed by atoms with Gasteiger partial charge in [-0.15, -0.1) is 0 Å². The van der Waals surface area contributed by atoms with E-state index < -0.39 is 11.7 Å². The molecule has 8 nitrogen and oxygen atoms in total. The van der Waals surface area contributed by atoms with Crippen molar-refractivity contribution in [2.45, 2.75) is 0 Å². The minimum absolute atomic E-state index is 0.124. The number of halogens is 2. The molecule has 0 spiro atoms. The summed E-state index contributed by atoms with van der Waals surface area (Å²) in [5, 5.41) is 5.18. The number of piperazine rings is 1. The molecule has 1 aliphatic rings. The first-order valence-electron chi connectivity index (χ1n) is 9.00. The van der Waals surface area contributed by atoms with Gasteiger partial charge in [-0.05, 0) is 46.3 Å². The first-order valence-corrected chi connectivity index (χ1v) is 9.79. The molecule has 2 N–H and O–H groups in total. The molecule has 0 saturated carbocycles. The third-order valence-electron chi connectivity index (χ3n) is 4.40. The van der Waals surface area contributed by atoms with Crippen molar-refractivity contribution in [3.63, 3.8) is 0 Å². The summed E-state index contributed by atoms with van der Waals surface area (Å²) in [4.78, 5) is 39.9. The van der Waals surface area contributed by atoms with Gasteiger partial charge < -0.3 is 20.0 Å². The maximum Gasteiger partial charge on any atom is 0.287 e. The van der Waals surface area contributed by atoms with Crippen molar-refractivity contribution in [2.24, 2.45) is 0 Å². The number of hydrogen-bond acceptors (Lipinski definition) is 5. The van der Waals surface area contributed by atoms with Gasteiger partial charge >= 0.3 is 0 Å². The predicted molar refractivity (Wildman–Crippen MR) is 107 cm³/mol. The second kappa shape index (κ2) is 9.66. The van der Waals surface area contributed by atoms with Gasteiger partial charge in [0.1, 0.15) is 5.82 Å². The number of benzene rings is 1. The number of anilines is 1. The van der Waals surface area contributed by atoms with Gasteiger partial charge in [0.15, 0.2) is 10.4 Å². The Bertz CT molecular complexity index is 896. The van der Waals surface area contributed by atoms with Gasteiger partial charge in [0.2, 0.25) is 11.8 Å². The van der Waals surface area contributed by atoms with E-state index >= 15 is 0 Å². The van der Waals surface area contributed by atoms with Crippen molar-refractivity contribution in [3.05, 3.63) is 52.6 Å². The number of rotatable bonds is 6. The fraction of sp³-hybridized carbons (Fsp3) is 0.316. The second-order valence-electron chi connectivity index (χ2n) is 6.50. The Hall–Kier alpha value is -2.72. The van der Waals surface area contributed by atoms with Crippen LogP contribution in [0, 0.1) is 5.82 Å². The molecule has 1 fully saturated rings. The first kappa shape index (κ1) is 21.0. The molecule has 29 heavy (non-hydrogen) atoms. The summed E-state index contributed by atoms with van der Waals surface area (Å²) in [5.74, 6) is -1.20. The van der Waals surface area contributed by atoms with Crippen LogP contribution in [-0.2, 0) is 9.59 Å². The lowest BCUT2D eigenvalue weighted by molar-refractivity contribution is -0.132. The quantitative estimate of drug-likeness (QED) is 0.675. The average Bonchev–Trinajstić information content (AvgIpc) is 3.13. The van der Waals surface area contributed by atoms with E-state index in [0.29, 0.717) is 36.5 Å². The molecule has 10 heteroatoms. The fourth-order valence-corrected chi connectivity index (χ4v) is 3.22. The van der Waals surface area contributed by atoms with E-state index in [1.807, 2.05) is 4.90 Å². The smallest absolute Gasteiger partial charge is 0.287 e. The Morgan fingerprint density at radius 1 is 1.10 bits per heavy atom. The van der Waals surface area contributed by atoms with Crippen LogP contribution in [0.4, 0.5) is 10.1 Å². The molecule has 0 radical (unpaired) electrons. The minimum Gasteiger partial charge on any atom is -0.444 e. The molecule has 0 unspecified atom stereocenters. The highest BCUT2D eigenvalue weighted by Crippen LogP contribution is 2.13. The summed E-state index contributed by atoms with van der Waals surface area (Å²) in [6, 6.07) is 8.82. The molecule has 2 heterocycles. The van der Waals surface area contributed by atoms with E-state index in [9.17, 15) is 18.8 Å².